The second kappa shape index (κ2) is 9.96. The summed E-state index contributed by atoms with van der Waals surface area (Å²) in [6.07, 6.45) is 10.7. The van der Waals surface area contributed by atoms with Crippen LogP contribution >= 0.6 is 0 Å². The Labute approximate surface area is 200 Å². The largest absolute Gasteiger partial charge is 0.396 e. The molecule has 2 saturated carbocycles. The second-order valence-electron chi connectivity index (χ2n) is 10.1. The molecule has 2 N–H and O–H groups in total. The Bertz CT molecular complexity index is 1170. The van der Waals surface area contributed by atoms with Crippen molar-refractivity contribution in [1.82, 2.24) is 30.1 Å². The second-order valence-corrected chi connectivity index (χ2v) is 10.1. The molecule has 2 aromatic heterocycles. The molecule has 2 fully saturated rings. The highest BCUT2D eigenvalue weighted by atomic mass is 16.3. The van der Waals surface area contributed by atoms with Crippen molar-refractivity contribution >= 4 is 10.9 Å². The number of fused-ring (bicyclic) bond motifs is 1. The number of aryl methyl sites for hydroxylation is 1. The van der Waals surface area contributed by atoms with Crippen LogP contribution in [-0.4, -0.2) is 48.3 Å². The van der Waals surface area contributed by atoms with Crippen molar-refractivity contribution in [3.8, 4) is 0 Å². The number of aliphatic hydroxyl groups excluding tert-OH is 1. The fourth-order valence-electron chi connectivity index (χ4n) is 6.17. The molecule has 182 valence electrons. The Balaban J connectivity index is 1.57. The van der Waals surface area contributed by atoms with Gasteiger partial charge >= 0.3 is 0 Å². The average Bonchev–Trinajstić information content (AvgIpc) is 3.55. The van der Waals surface area contributed by atoms with Gasteiger partial charge in [0.1, 0.15) is 0 Å². The summed E-state index contributed by atoms with van der Waals surface area (Å²) in [6.45, 7) is 3.34. The van der Waals surface area contributed by atoms with E-state index in [2.05, 4.69) is 36.2 Å². The molecule has 3 aromatic rings. The minimum atomic E-state index is -0.326. The highest BCUT2D eigenvalue weighted by Gasteiger charge is 2.45. The maximum Gasteiger partial charge on any atom is 0.252 e. The molecule has 0 saturated heterocycles. The standard InChI is InChI=1S/C26H36N6O2/c1-19-9-7-10-20-17-21(24(34)27-23(19)20)18-31(15-8-16-33)26(13-5-2-6-14-26)25-28-29-30-32(25)22-11-3-4-12-22/h7,9-10,17,22,33H,2-6,8,11-16,18H2,1H3,(H,27,34). The monoisotopic (exact) mass is 464 g/mol. The van der Waals surface area contributed by atoms with Crippen LogP contribution in [0.3, 0.4) is 0 Å². The van der Waals surface area contributed by atoms with Crippen molar-refractivity contribution in [3.63, 3.8) is 0 Å². The number of nitrogens with one attached hydrogen (secondary N) is 1. The minimum Gasteiger partial charge on any atom is -0.396 e. The molecule has 0 unspecified atom stereocenters. The van der Waals surface area contributed by atoms with Crippen molar-refractivity contribution < 1.29 is 5.11 Å². The van der Waals surface area contributed by atoms with Crippen LogP contribution in [0.25, 0.3) is 10.9 Å². The number of hydrogen-bond donors (Lipinski definition) is 2. The quantitative estimate of drug-likeness (QED) is 0.523. The molecule has 1 aromatic carbocycles. The van der Waals surface area contributed by atoms with E-state index in [1.54, 1.807) is 0 Å². The van der Waals surface area contributed by atoms with Gasteiger partial charge in [-0.2, -0.15) is 0 Å². The summed E-state index contributed by atoms with van der Waals surface area (Å²) >= 11 is 0. The lowest BCUT2D eigenvalue weighted by Gasteiger charge is -2.45. The first-order valence-electron chi connectivity index (χ1n) is 12.9. The van der Waals surface area contributed by atoms with E-state index in [-0.39, 0.29) is 17.7 Å². The number of rotatable bonds is 8. The lowest BCUT2D eigenvalue weighted by molar-refractivity contribution is 0.0210. The fourth-order valence-corrected chi connectivity index (χ4v) is 6.17. The lowest BCUT2D eigenvalue weighted by atomic mass is 9.78. The van der Waals surface area contributed by atoms with E-state index in [0.29, 0.717) is 25.6 Å². The van der Waals surface area contributed by atoms with Gasteiger partial charge in [0.05, 0.1) is 17.1 Å². The maximum absolute atomic E-state index is 13.2. The number of para-hydroxylation sites is 1. The SMILES string of the molecule is Cc1cccc2cc(CN(CCCO)C3(c4nnnn4C4CCCC4)CCCCC3)c(=O)[nH]c12. The first-order valence-corrected chi connectivity index (χ1v) is 12.9. The van der Waals surface area contributed by atoms with Gasteiger partial charge in [-0.05, 0) is 66.5 Å². The summed E-state index contributed by atoms with van der Waals surface area (Å²) in [5.74, 6) is 0.949. The van der Waals surface area contributed by atoms with Crippen molar-refractivity contribution in [2.24, 2.45) is 0 Å². The zero-order chi connectivity index (χ0) is 23.5. The van der Waals surface area contributed by atoms with Crippen molar-refractivity contribution in [2.75, 3.05) is 13.2 Å². The van der Waals surface area contributed by atoms with Crippen LogP contribution in [-0.2, 0) is 12.1 Å². The van der Waals surface area contributed by atoms with Crippen LogP contribution in [0.15, 0.2) is 29.1 Å². The average molecular weight is 465 g/mol. The Morgan fingerprint density at radius 1 is 1.18 bits per heavy atom. The van der Waals surface area contributed by atoms with Gasteiger partial charge in [-0.15, -0.1) is 5.10 Å². The third-order valence-electron chi connectivity index (χ3n) is 7.98. The molecule has 0 spiro atoms. The van der Waals surface area contributed by atoms with E-state index >= 15 is 0 Å². The molecule has 0 radical (unpaired) electrons. The van der Waals surface area contributed by atoms with Crippen molar-refractivity contribution in [2.45, 2.75) is 89.3 Å². The van der Waals surface area contributed by atoms with Crippen molar-refractivity contribution in [3.05, 3.63) is 51.6 Å². The van der Waals surface area contributed by atoms with E-state index in [1.807, 2.05) is 25.1 Å². The van der Waals surface area contributed by atoms with E-state index < -0.39 is 0 Å². The van der Waals surface area contributed by atoms with Gasteiger partial charge in [-0.3, -0.25) is 9.69 Å². The zero-order valence-electron chi connectivity index (χ0n) is 20.2. The van der Waals surface area contributed by atoms with E-state index in [0.717, 1.165) is 66.4 Å². The van der Waals surface area contributed by atoms with Gasteiger partial charge in [0, 0.05) is 25.3 Å². The molecule has 0 aliphatic heterocycles. The molecule has 0 amide bonds. The van der Waals surface area contributed by atoms with Crippen LogP contribution in [0.4, 0.5) is 0 Å². The number of H-pyrrole nitrogens is 1. The first-order chi connectivity index (χ1) is 16.6. The molecule has 5 rings (SSSR count). The number of aromatic nitrogens is 5. The van der Waals surface area contributed by atoms with E-state index in [1.165, 1.54) is 19.3 Å². The van der Waals surface area contributed by atoms with Crippen LogP contribution < -0.4 is 5.56 Å². The van der Waals surface area contributed by atoms with Crippen LogP contribution in [0.2, 0.25) is 0 Å². The maximum atomic E-state index is 13.2. The van der Waals surface area contributed by atoms with Crippen LogP contribution in [0.5, 0.6) is 0 Å². The number of nitrogens with zero attached hydrogens (tertiary/aromatic N) is 5. The van der Waals surface area contributed by atoms with Gasteiger partial charge < -0.3 is 10.1 Å². The third-order valence-corrected chi connectivity index (χ3v) is 7.98. The fraction of sp³-hybridized carbons (Fsp3) is 0.615. The van der Waals surface area contributed by atoms with E-state index in [4.69, 9.17) is 0 Å². The summed E-state index contributed by atoms with van der Waals surface area (Å²) in [5.41, 5.74) is 2.35. The van der Waals surface area contributed by atoms with Crippen LogP contribution in [0, 0.1) is 6.92 Å². The zero-order valence-corrected chi connectivity index (χ0v) is 20.2. The minimum absolute atomic E-state index is 0.0443. The Kier molecular flexibility index (Phi) is 6.79. The predicted octanol–water partition coefficient (Wildman–Crippen LogP) is 3.98. The lowest BCUT2D eigenvalue weighted by Crippen LogP contribution is -2.50. The first kappa shape index (κ1) is 23.2. The van der Waals surface area contributed by atoms with Gasteiger partial charge in [0.25, 0.3) is 5.56 Å². The molecule has 0 atom stereocenters. The smallest absolute Gasteiger partial charge is 0.252 e. The molecule has 8 nitrogen and oxygen atoms in total. The number of pyridine rings is 1. The Morgan fingerprint density at radius 2 is 1.97 bits per heavy atom. The van der Waals surface area contributed by atoms with Gasteiger partial charge in [-0.25, -0.2) is 4.68 Å². The number of aromatic amines is 1. The van der Waals surface area contributed by atoms with Gasteiger partial charge in [0.15, 0.2) is 5.82 Å². The molecule has 2 aliphatic carbocycles. The van der Waals surface area contributed by atoms with Crippen LogP contribution in [0.1, 0.15) is 87.2 Å². The highest BCUT2D eigenvalue weighted by Crippen LogP contribution is 2.44. The van der Waals surface area contributed by atoms with Gasteiger partial charge in [-0.1, -0.05) is 50.3 Å². The summed E-state index contributed by atoms with van der Waals surface area (Å²) in [6, 6.07) is 8.49. The summed E-state index contributed by atoms with van der Waals surface area (Å²) in [7, 11) is 0. The molecule has 2 heterocycles. The number of benzene rings is 1. The number of aliphatic hydroxyl groups is 1. The topological polar surface area (TPSA) is 99.9 Å². The number of hydrogen-bond acceptors (Lipinski definition) is 6. The molecular formula is C26H36N6O2. The summed E-state index contributed by atoms with van der Waals surface area (Å²) in [5, 5.41) is 24.0. The highest BCUT2D eigenvalue weighted by molar-refractivity contribution is 5.81. The molecule has 8 heteroatoms. The summed E-state index contributed by atoms with van der Waals surface area (Å²) < 4.78 is 2.10. The Hall–Kier alpha value is -2.58. The molecular weight excluding hydrogens is 428 g/mol. The predicted molar refractivity (Wildman–Crippen MR) is 132 cm³/mol. The summed E-state index contributed by atoms with van der Waals surface area (Å²) in [4.78, 5) is 18.7. The normalized spacial score (nSPS) is 18.8. The number of tetrazole rings is 1. The molecule has 34 heavy (non-hydrogen) atoms. The molecule has 2 aliphatic rings. The van der Waals surface area contributed by atoms with Gasteiger partial charge in [0.2, 0.25) is 0 Å². The third kappa shape index (κ3) is 4.29. The van der Waals surface area contributed by atoms with Crippen molar-refractivity contribution in [1.29, 1.82) is 0 Å². The molecule has 0 bridgehead atoms. The Morgan fingerprint density at radius 3 is 2.74 bits per heavy atom. The van der Waals surface area contributed by atoms with E-state index in [9.17, 15) is 9.90 Å².